The van der Waals surface area contributed by atoms with Crippen molar-refractivity contribution in [2.24, 2.45) is 0 Å². The van der Waals surface area contributed by atoms with E-state index >= 15 is 0 Å². The number of ether oxygens (including phenoxy) is 2. The molecular weight excluding hydrogens is 526 g/mol. The third kappa shape index (κ3) is 4.97. The van der Waals surface area contributed by atoms with Gasteiger partial charge in [-0.25, -0.2) is 0 Å². The molecule has 1 aliphatic heterocycles. The van der Waals surface area contributed by atoms with E-state index in [0.717, 1.165) is 48.8 Å². The molecule has 0 fully saturated rings. The van der Waals surface area contributed by atoms with Crippen molar-refractivity contribution in [3.8, 4) is 11.5 Å². The molecule has 3 aliphatic rings. The van der Waals surface area contributed by atoms with Gasteiger partial charge in [-0.3, -0.25) is 0 Å². The van der Waals surface area contributed by atoms with E-state index in [2.05, 4.69) is 107 Å². The Kier molecular flexibility index (Phi) is 8.05. The van der Waals surface area contributed by atoms with Gasteiger partial charge < -0.3 is 14.4 Å². The first kappa shape index (κ1) is 29.3. The van der Waals surface area contributed by atoms with Gasteiger partial charge in [-0.15, -0.1) is 0 Å². The van der Waals surface area contributed by atoms with Gasteiger partial charge in [0.15, 0.2) is 0 Å². The number of methoxy groups -OCH3 is 2. The van der Waals surface area contributed by atoms with E-state index in [1.807, 2.05) is 0 Å². The minimum absolute atomic E-state index is 0.0914. The smallest absolute Gasteiger partial charge is 0.119 e. The molecule has 0 spiro atoms. The summed E-state index contributed by atoms with van der Waals surface area (Å²) in [6, 6.07) is 12.9. The van der Waals surface area contributed by atoms with Crippen molar-refractivity contribution in [2.45, 2.75) is 78.1 Å². The van der Waals surface area contributed by atoms with E-state index in [1.165, 1.54) is 50.4 Å². The number of hydrogen-bond donors (Lipinski definition) is 0. The average Bonchev–Trinajstić information content (AvgIpc) is 3.32. The van der Waals surface area contributed by atoms with Crippen molar-refractivity contribution in [1.29, 1.82) is 0 Å². The Bertz CT molecular complexity index is 1520. The number of rotatable bonds is 7. The lowest BCUT2D eigenvalue weighted by atomic mass is 9.80. The monoisotopic (exact) mass is 569 g/mol. The van der Waals surface area contributed by atoms with Crippen molar-refractivity contribution in [3.05, 3.63) is 105 Å². The van der Waals surface area contributed by atoms with Crippen LogP contribution in [0.2, 0.25) is 0 Å². The normalized spacial score (nSPS) is 21.3. The molecule has 216 valence electrons. The number of benzene rings is 2. The minimum Gasteiger partial charge on any atom is -0.497 e. The van der Waals surface area contributed by atoms with Crippen molar-refractivity contribution in [3.63, 3.8) is 0 Å². The number of anilines is 1. The molecule has 0 saturated heterocycles. The van der Waals surface area contributed by atoms with E-state index in [-0.39, 0.29) is 10.8 Å². The molecule has 0 radical (unpaired) electrons. The molecule has 0 atom stereocenters. The lowest BCUT2D eigenvalue weighted by Gasteiger charge is -2.26. The van der Waals surface area contributed by atoms with Crippen LogP contribution >= 0.6 is 11.6 Å². The zero-order valence-electron chi connectivity index (χ0n) is 26.0. The van der Waals surface area contributed by atoms with Gasteiger partial charge in [0, 0.05) is 33.8 Å². The molecule has 3 nitrogen and oxygen atoms in total. The van der Waals surface area contributed by atoms with Gasteiger partial charge >= 0.3 is 0 Å². The molecule has 5 rings (SSSR count). The molecule has 2 aromatic rings. The summed E-state index contributed by atoms with van der Waals surface area (Å²) in [6.45, 7) is 14.6. The molecule has 0 N–H and O–H groups in total. The largest absolute Gasteiger partial charge is 0.497 e. The number of halogens is 1. The standard InChI is InChI=1S/C37H44ClNO2/c1-9-28-29-18-16-26(40-7)22-31(29)36(3,4)30(28)19-14-24-12-11-13-25(35(24)38)15-21-34-37(5,6)32-23-27(41-8)17-20-33(32)39(34)10-2/h14-23H,9-13H2,1-8H3/b19-14+,25-15+,34-21-. The SMILES string of the molecule is CCC1=C(/C=C/C2=C(Cl)C(=C/C=C3\N(CC)c4ccc(OC)cc4C3(C)C)/CCC2)C(C)(C)c2cc(OC)ccc21. The van der Waals surface area contributed by atoms with Crippen LogP contribution < -0.4 is 14.4 Å². The lowest BCUT2D eigenvalue weighted by molar-refractivity contribution is 0.413. The van der Waals surface area contributed by atoms with Gasteiger partial charge in [0.1, 0.15) is 11.5 Å². The zero-order valence-corrected chi connectivity index (χ0v) is 26.7. The first-order chi connectivity index (χ1) is 19.6. The Morgan fingerprint density at radius 3 is 2.20 bits per heavy atom. The maximum absolute atomic E-state index is 7.13. The number of allylic oxidation sites excluding steroid dienone is 10. The molecule has 2 aliphatic carbocycles. The Labute approximate surface area is 251 Å². The van der Waals surface area contributed by atoms with Crippen LogP contribution in [0.3, 0.4) is 0 Å². The second-order valence-electron chi connectivity index (χ2n) is 12.3. The summed E-state index contributed by atoms with van der Waals surface area (Å²) in [4.78, 5) is 2.42. The molecule has 2 aromatic carbocycles. The predicted molar refractivity (Wildman–Crippen MR) is 174 cm³/mol. The van der Waals surface area contributed by atoms with E-state index in [4.69, 9.17) is 21.1 Å². The lowest BCUT2D eigenvalue weighted by Crippen LogP contribution is -2.25. The molecule has 0 amide bonds. The molecule has 0 bridgehead atoms. The Hall–Kier alpha value is -3.17. The summed E-state index contributed by atoms with van der Waals surface area (Å²) >= 11 is 7.13. The molecular formula is C37H44ClNO2. The molecule has 0 aromatic heterocycles. The highest BCUT2D eigenvalue weighted by Crippen LogP contribution is 2.50. The second-order valence-corrected chi connectivity index (χ2v) is 12.7. The third-order valence-electron chi connectivity index (χ3n) is 9.34. The molecule has 1 heterocycles. The van der Waals surface area contributed by atoms with E-state index in [9.17, 15) is 0 Å². The van der Waals surface area contributed by atoms with Crippen LogP contribution in [-0.4, -0.2) is 20.8 Å². The second kappa shape index (κ2) is 11.2. The van der Waals surface area contributed by atoms with Gasteiger partial charge in [0.05, 0.1) is 14.2 Å². The van der Waals surface area contributed by atoms with Crippen LogP contribution in [0.15, 0.2) is 88.2 Å². The van der Waals surface area contributed by atoms with Crippen LogP contribution in [0, 0.1) is 0 Å². The van der Waals surface area contributed by atoms with Crippen LogP contribution in [-0.2, 0) is 10.8 Å². The van der Waals surface area contributed by atoms with Crippen molar-refractivity contribution in [2.75, 3.05) is 25.7 Å². The number of likely N-dealkylation sites (N-methyl/N-ethyl adjacent to an activating group) is 1. The number of hydrogen-bond acceptors (Lipinski definition) is 3. The van der Waals surface area contributed by atoms with Crippen LogP contribution in [0.25, 0.3) is 5.57 Å². The summed E-state index contributed by atoms with van der Waals surface area (Å²) in [5.41, 5.74) is 11.5. The maximum Gasteiger partial charge on any atom is 0.119 e. The fourth-order valence-corrected chi connectivity index (χ4v) is 7.30. The van der Waals surface area contributed by atoms with Gasteiger partial charge in [0.25, 0.3) is 0 Å². The fourth-order valence-electron chi connectivity index (χ4n) is 6.98. The Morgan fingerprint density at radius 1 is 0.854 bits per heavy atom. The van der Waals surface area contributed by atoms with Crippen LogP contribution in [0.4, 0.5) is 5.69 Å². The molecule has 41 heavy (non-hydrogen) atoms. The highest BCUT2D eigenvalue weighted by atomic mass is 35.5. The van der Waals surface area contributed by atoms with E-state index in [0.29, 0.717) is 0 Å². The summed E-state index contributed by atoms with van der Waals surface area (Å²) in [5.74, 6) is 1.81. The molecule has 0 unspecified atom stereocenters. The highest BCUT2D eigenvalue weighted by molar-refractivity contribution is 6.32. The summed E-state index contributed by atoms with van der Waals surface area (Å²) in [5, 5.41) is 0.899. The molecule has 0 saturated carbocycles. The summed E-state index contributed by atoms with van der Waals surface area (Å²) in [7, 11) is 3.47. The van der Waals surface area contributed by atoms with Gasteiger partial charge in [-0.1, -0.05) is 70.5 Å². The zero-order chi connectivity index (χ0) is 29.5. The predicted octanol–water partition coefficient (Wildman–Crippen LogP) is 10.0. The van der Waals surface area contributed by atoms with Gasteiger partial charge in [0.2, 0.25) is 0 Å². The Morgan fingerprint density at radius 2 is 1.54 bits per heavy atom. The number of nitrogens with zero attached hydrogens (tertiary/aromatic N) is 1. The first-order valence-electron chi connectivity index (χ1n) is 14.9. The van der Waals surface area contributed by atoms with Crippen molar-refractivity contribution in [1.82, 2.24) is 0 Å². The summed E-state index contributed by atoms with van der Waals surface area (Å²) in [6.07, 6.45) is 13.2. The first-order valence-corrected chi connectivity index (χ1v) is 15.3. The highest BCUT2D eigenvalue weighted by Gasteiger charge is 2.40. The van der Waals surface area contributed by atoms with Crippen LogP contribution in [0.5, 0.6) is 11.5 Å². The summed E-state index contributed by atoms with van der Waals surface area (Å²) < 4.78 is 11.1. The number of fused-ring (bicyclic) bond motifs is 2. The Balaban J connectivity index is 1.48. The maximum atomic E-state index is 7.13. The van der Waals surface area contributed by atoms with E-state index in [1.54, 1.807) is 14.2 Å². The van der Waals surface area contributed by atoms with Gasteiger partial charge in [-0.2, -0.15) is 0 Å². The van der Waals surface area contributed by atoms with Crippen molar-refractivity contribution < 1.29 is 9.47 Å². The molecule has 4 heteroatoms. The third-order valence-corrected chi connectivity index (χ3v) is 9.83. The van der Waals surface area contributed by atoms with E-state index < -0.39 is 0 Å². The fraction of sp³-hybridized carbons (Fsp3) is 0.405. The minimum atomic E-state index is -0.126. The van der Waals surface area contributed by atoms with Crippen molar-refractivity contribution >= 4 is 22.9 Å². The average molecular weight is 570 g/mol. The van der Waals surface area contributed by atoms with Gasteiger partial charge in [-0.05, 0) is 108 Å². The quantitative estimate of drug-likeness (QED) is 0.331. The topological polar surface area (TPSA) is 21.7 Å². The van der Waals surface area contributed by atoms with Crippen LogP contribution in [0.1, 0.15) is 83.9 Å².